The molecule has 3 rings (SSSR count). The van der Waals surface area contributed by atoms with Crippen molar-refractivity contribution in [3.05, 3.63) is 53.9 Å². The van der Waals surface area contributed by atoms with Crippen molar-refractivity contribution in [3.63, 3.8) is 0 Å². The van der Waals surface area contributed by atoms with Gasteiger partial charge < -0.3 is 9.47 Å². The van der Waals surface area contributed by atoms with Crippen molar-refractivity contribution in [1.82, 2.24) is 9.47 Å². The fourth-order valence-electron chi connectivity index (χ4n) is 3.37. The lowest BCUT2D eigenvalue weighted by molar-refractivity contribution is -0.137. The van der Waals surface area contributed by atoms with Gasteiger partial charge in [-0.2, -0.15) is 13.2 Å². The maximum Gasteiger partial charge on any atom is 0.416 e. The average molecular weight is 379 g/mol. The summed E-state index contributed by atoms with van der Waals surface area (Å²) in [6, 6.07) is 7.38. The van der Waals surface area contributed by atoms with Crippen LogP contribution in [0.2, 0.25) is 0 Å². The molecule has 0 aliphatic carbocycles. The smallest absolute Gasteiger partial charge is 0.369 e. The summed E-state index contributed by atoms with van der Waals surface area (Å²) >= 11 is 0. The summed E-state index contributed by atoms with van der Waals surface area (Å²) in [5, 5.41) is 0. The molecule has 4 nitrogen and oxygen atoms in total. The molecule has 0 atom stereocenters. The number of piperazine rings is 1. The number of aryl methyl sites for hydroxylation is 1. The summed E-state index contributed by atoms with van der Waals surface area (Å²) < 4.78 is 40.6. The molecule has 0 amide bonds. The van der Waals surface area contributed by atoms with E-state index in [1.54, 1.807) is 13.0 Å². The number of hydrogen-bond acceptors (Lipinski definition) is 3. The van der Waals surface area contributed by atoms with Crippen molar-refractivity contribution in [3.8, 4) is 0 Å². The molecule has 146 valence electrons. The minimum atomic E-state index is -4.31. The molecule has 7 heteroatoms. The highest BCUT2D eigenvalue weighted by molar-refractivity contribution is 5.93. The van der Waals surface area contributed by atoms with Crippen molar-refractivity contribution in [2.75, 3.05) is 37.6 Å². The monoisotopic (exact) mass is 379 g/mol. The van der Waals surface area contributed by atoms with Gasteiger partial charge in [-0.15, -0.1) is 0 Å². The van der Waals surface area contributed by atoms with E-state index in [1.165, 1.54) is 12.1 Å². The van der Waals surface area contributed by atoms with Crippen LogP contribution in [0.4, 0.5) is 18.9 Å². The van der Waals surface area contributed by atoms with Crippen molar-refractivity contribution in [1.29, 1.82) is 0 Å². The number of halogens is 3. The lowest BCUT2D eigenvalue weighted by Gasteiger charge is -2.36. The number of rotatable bonds is 6. The van der Waals surface area contributed by atoms with Crippen molar-refractivity contribution >= 4 is 11.5 Å². The summed E-state index contributed by atoms with van der Waals surface area (Å²) in [6.45, 7) is 6.45. The highest BCUT2D eigenvalue weighted by Crippen LogP contribution is 2.31. The summed E-state index contributed by atoms with van der Waals surface area (Å²) in [7, 11) is 0. The van der Waals surface area contributed by atoms with Crippen LogP contribution in [0, 0.1) is 0 Å². The zero-order chi connectivity index (χ0) is 19.4. The van der Waals surface area contributed by atoms with Crippen LogP contribution < -0.4 is 4.90 Å². The quantitative estimate of drug-likeness (QED) is 0.713. The Kier molecular flexibility index (Phi) is 5.89. The first-order valence-electron chi connectivity index (χ1n) is 9.14. The Morgan fingerprint density at radius 3 is 2.44 bits per heavy atom. The van der Waals surface area contributed by atoms with Crippen molar-refractivity contribution < 1.29 is 18.0 Å². The van der Waals surface area contributed by atoms with E-state index < -0.39 is 11.7 Å². The van der Waals surface area contributed by atoms with E-state index in [-0.39, 0.29) is 5.78 Å². The van der Waals surface area contributed by atoms with Crippen LogP contribution in [-0.2, 0) is 12.7 Å². The van der Waals surface area contributed by atoms with E-state index in [4.69, 9.17) is 0 Å². The molecule has 1 saturated heterocycles. The van der Waals surface area contributed by atoms with Crippen molar-refractivity contribution in [2.45, 2.75) is 26.1 Å². The Labute approximate surface area is 157 Å². The van der Waals surface area contributed by atoms with E-state index in [0.29, 0.717) is 5.69 Å². The van der Waals surface area contributed by atoms with Gasteiger partial charge in [-0.1, -0.05) is 6.07 Å². The maximum atomic E-state index is 12.9. The lowest BCUT2D eigenvalue weighted by atomic mass is 10.1. The molecule has 0 saturated carbocycles. The van der Waals surface area contributed by atoms with Crippen LogP contribution in [0.5, 0.6) is 0 Å². The Hall–Kier alpha value is -2.28. The summed E-state index contributed by atoms with van der Waals surface area (Å²) in [5.74, 6) is 0.0689. The van der Waals surface area contributed by atoms with E-state index in [1.807, 2.05) is 27.9 Å². The highest BCUT2D eigenvalue weighted by atomic mass is 19.4. The number of anilines is 1. The molecule has 0 bridgehead atoms. The van der Waals surface area contributed by atoms with Gasteiger partial charge in [0.1, 0.15) is 0 Å². The minimum absolute atomic E-state index is 0.0689. The number of hydrogen-bond donors (Lipinski definition) is 0. The second-order valence-corrected chi connectivity index (χ2v) is 6.92. The number of benzene rings is 1. The van der Waals surface area contributed by atoms with Crippen LogP contribution in [0.1, 0.15) is 29.3 Å². The van der Waals surface area contributed by atoms with Gasteiger partial charge in [-0.05, 0) is 44.2 Å². The van der Waals surface area contributed by atoms with Gasteiger partial charge in [0, 0.05) is 56.4 Å². The lowest BCUT2D eigenvalue weighted by Crippen LogP contribution is -2.46. The molecular weight excluding hydrogens is 355 g/mol. The summed E-state index contributed by atoms with van der Waals surface area (Å²) in [6.07, 6.45) is 0.449. The summed E-state index contributed by atoms with van der Waals surface area (Å²) in [5.41, 5.74) is 0.761. The van der Waals surface area contributed by atoms with Crippen LogP contribution >= 0.6 is 0 Å². The molecule has 1 aliphatic heterocycles. The summed E-state index contributed by atoms with van der Waals surface area (Å²) in [4.78, 5) is 15.7. The molecule has 2 aromatic rings. The molecule has 0 radical (unpaired) electrons. The zero-order valence-corrected chi connectivity index (χ0v) is 15.4. The average Bonchev–Trinajstić information content (AvgIpc) is 3.11. The fraction of sp³-hybridized carbons (Fsp3) is 0.450. The number of nitrogens with zero attached hydrogens (tertiary/aromatic N) is 3. The Morgan fingerprint density at radius 2 is 1.81 bits per heavy atom. The predicted octanol–water partition coefficient (Wildman–Crippen LogP) is 3.92. The molecule has 1 aromatic carbocycles. The third kappa shape index (κ3) is 5.13. The molecule has 0 unspecified atom stereocenters. The first-order valence-corrected chi connectivity index (χ1v) is 9.14. The zero-order valence-electron chi connectivity index (χ0n) is 15.4. The standard InChI is InChI=1S/C20H24F3N3O/c1-16(27)17-6-9-25(15-17)8-3-7-24-10-12-26(13-11-24)19-5-2-4-18(14-19)20(21,22)23/h2,4-6,9,14-15H,3,7-8,10-13H2,1H3. The van der Waals surface area contributed by atoms with Crippen LogP contribution in [0.25, 0.3) is 0 Å². The topological polar surface area (TPSA) is 28.5 Å². The highest BCUT2D eigenvalue weighted by Gasteiger charge is 2.31. The molecule has 2 heterocycles. The van der Waals surface area contributed by atoms with Crippen LogP contribution in [0.3, 0.4) is 0 Å². The first-order chi connectivity index (χ1) is 12.8. The van der Waals surface area contributed by atoms with Gasteiger partial charge >= 0.3 is 6.18 Å². The van der Waals surface area contributed by atoms with E-state index in [9.17, 15) is 18.0 Å². The van der Waals surface area contributed by atoms with Gasteiger partial charge in [0.2, 0.25) is 0 Å². The van der Waals surface area contributed by atoms with Crippen LogP contribution in [0.15, 0.2) is 42.7 Å². The minimum Gasteiger partial charge on any atom is -0.369 e. The number of carbonyl (C=O) groups excluding carboxylic acids is 1. The third-order valence-corrected chi connectivity index (χ3v) is 4.96. The van der Waals surface area contributed by atoms with Gasteiger partial charge in [0.25, 0.3) is 0 Å². The molecule has 0 N–H and O–H groups in total. The molecule has 1 aromatic heterocycles. The number of aromatic nitrogens is 1. The van der Waals surface area contributed by atoms with Gasteiger partial charge in [0.15, 0.2) is 5.78 Å². The predicted molar refractivity (Wildman–Crippen MR) is 99.2 cm³/mol. The molecular formula is C20H24F3N3O. The number of Topliss-reactive ketones (excluding diaryl/α,β-unsaturated/α-hetero) is 1. The molecule has 27 heavy (non-hydrogen) atoms. The van der Waals surface area contributed by atoms with Crippen LogP contribution in [-0.4, -0.2) is 48.0 Å². The van der Waals surface area contributed by atoms with E-state index >= 15 is 0 Å². The fourth-order valence-corrected chi connectivity index (χ4v) is 3.37. The maximum absolute atomic E-state index is 12.9. The van der Waals surface area contributed by atoms with Crippen molar-refractivity contribution in [2.24, 2.45) is 0 Å². The SMILES string of the molecule is CC(=O)c1ccn(CCCN2CCN(c3cccc(C(F)(F)F)c3)CC2)c1. The van der Waals surface area contributed by atoms with E-state index in [0.717, 1.165) is 57.3 Å². The molecule has 1 aliphatic rings. The largest absolute Gasteiger partial charge is 0.416 e. The Bertz CT molecular complexity index is 777. The Morgan fingerprint density at radius 1 is 1.07 bits per heavy atom. The second kappa shape index (κ2) is 8.17. The van der Waals surface area contributed by atoms with E-state index in [2.05, 4.69) is 4.90 Å². The van der Waals surface area contributed by atoms with Gasteiger partial charge in [-0.25, -0.2) is 0 Å². The number of ketones is 1. The molecule has 1 fully saturated rings. The first kappa shape index (κ1) is 19.5. The number of carbonyl (C=O) groups is 1. The van der Waals surface area contributed by atoms with Gasteiger partial charge in [-0.3, -0.25) is 9.69 Å². The van der Waals surface area contributed by atoms with Gasteiger partial charge in [0.05, 0.1) is 5.56 Å². The Balaban J connectivity index is 1.45. The normalized spacial score (nSPS) is 15.9. The molecule has 0 spiro atoms. The third-order valence-electron chi connectivity index (χ3n) is 4.96. The number of alkyl halides is 3. The second-order valence-electron chi connectivity index (χ2n) is 6.92.